The standard InChI is InChI=1S/C23H24ClN7OS/c24-17-11-9-16(10-12-17)20-31(19(32)15-33-20)29-22-26-21(25-18-7-3-1-4-8-18)27-23(28-22)30-13-5-2-6-14-30/h1,3-4,7-12,20H,2,5-6,13-15H2,(H2,25,26,27,28,29)/t20-/m0/s1. The van der Waals surface area contributed by atoms with Crippen molar-refractivity contribution in [3.05, 3.63) is 65.2 Å². The van der Waals surface area contributed by atoms with Gasteiger partial charge in [0.2, 0.25) is 17.8 Å². The number of halogens is 1. The molecule has 2 aliphatic heterocycles. The molecule has 3 aromatic rings. The molecule has 0 spiro atoms. The van der Waals surface area contributed by atoms with E-state index in [1.165, 1.54) is 6.42 Å². The van der Waals surface area contributed by atoms with E-state index in [-0.39, 0.29) is 11.3 Å². The number of hydrazine groups is 1. The molecule has 0 unspecified atom stereocenters. The third-order valence-corrected chi connectivity index (χ3v) is 7.00. The maximum atomic E-state index is 12.7. The minimum absolute atomic E-state index is 0.0301. The van der Waals surface area contributed by atoms with Crippen molar-refractivity contribution >= 4 is 52.8 Å². The summed E-state index contributed by atoms with van der Waals surface area (Å²) in [4.78, 5) is 28.8. The maximum absolute atomic E-state index is 12.7. The number of rotatable bonds is 6. The molecule has 2 aliphatic rings. The van der Waals surface area contributed by atoms with Gasteiger partial charge in [0, 0.05) is 23.8 Å². The summed E-state index contributed by atoms with van der Waals surface area (Å²) in [6, 6.07) is 17.3. The van der Waals surface area contributed by atoms with Crippen LogP contribution in [0.5, 0.6) is 0 Å². The van der Waals surface area contributed by atoms with Crippen LogP contribution >= 0.6 is 23.4 Å². The highest BCUT2D eigenvalue weighted by molar-refractivity contribution is 8.00. The summed E-state index contributed by atoms with van der Waals surface area (Å²) in [5.41, 5.74) is 5.02. The molecule has 0 bridgehead atoms. The zero-order chi connectivity index (χ0) is 22.6. The average molecular weight is 482 g/mol. The lowest BCUT2D eigenvalue weighted by atomic mass is 10.1. The van der Waals surface area contributed by atoms with Crippen LogP contribution in [0.2, 0.25) is 5.02 Å². The number of hydrogen-bond acceptors (Lipinski definition) is 8. The molecule has 1 atom stereocenters. The van der Waals surface area contributed by atoms with Gasteiger partial charge in [0.15, 0.2) is 0 Å². The van der Waals surface area contributed by atoms with E-state index in [9.17, 15) is 4.79 Å². The van der Waals surface area contributed by atoms with Gasteiger partial charge in [-0.05, 0) is 49.1 Å². The van der Waals surface area contributed by atoms with Crippen LogP contribution in [0.1, 0.15) is 30.2 Å². The van der Waals surface area contributed by atoms with Crippen LogP contribution in [-0.2, 0) is 4.79 Å². The van der Waals surface area contributed by atoms with Gasteiger partial charge in [0.05, 0.1) is 5.75 Å². The van der Waals surface area contributed by atoms with E-state index in [1.54, 1.807) is 16.8 Å². The van der Waals surface area contributed by atoms with E-state index in [2.05, 4.69) is 30.6 Å². The molecular weight excluding hydrogens is 458 g/mol. The molecular formula is C23H24ClN7OS. The second-order valence-electron chi connectivity index (χ2n) is 7.91. The molecule has 33 heavy (non-hydrogen) atoms. The molecule has 170 valence electrons. The first-order valence-corrected chi connectivity index (χ1v) is 12.4. The Hall–Kier alpha value is -3.04. The minimum Gasteiger partial charge on any atom is -0.341 e. The lowest BCUT2D eigenvalue weighted by Crippen LogP contribution is -2.36. The average Bonchev–Trinajstić information content (AvgIpc) is 3.20. The van der Waals surface area contributed by atoms with E-state index in [4.69, 9.17) is 11.6 Å². The molecule has 5 rings (SSSR count). The van der Waals surface area contributed by atoms with Crippen LogP contribution in [0.3, 0.4) is 0 Å². The monoisotopic (exact) mass is 481 g/mol. The second kappa shape index (κ2) is 9.84. The first kappa shape index (κ1) is 21.8. The van der Waals surface area contributed by atoms with Gasteiger partial charge in [-0.25, -0.2) is 5.01 Å². The van der Waals surface area contributed by atoms with E-state index in [1.807, 2.05) is 54.6 Å². The molecule has 2 fully saturated rings. The van der Waals surface area contributed by atoms with Crippen molar-refractivity contribution in [2.45, 2.75) is 24.6 Å². The summed E-state index contributed by atoms with van der Waals surface area (Å²) in [5, 5.41) is 5.31. The van der Waals surface area contributed by atoms with Crippen molar-refractivity contribution < 1.29 is 4.79 Å². The molecule has 1 amide bonds. The highest BCUT2D eigenvalue weighted by atomic mass is 35.5. The summed E-state index contributed by atoms with van der Waals surface area (Å²) in [6.45, 7) is 1.81. The Morgan fingerprint density at radius 2 is 1.64 bits per heavy atom. The number of carbonyl (C=O) groups excluding carboxylic acids is 1. The van der Waals surface area contributed by atoms with Crippen molar-refractivity contribution in [2.24, 2.45) is 0 Å². The summed E-state index contributed by atoms with van der Waals surface area (Å²) in [6.07, 6.45) is 3.43. The molecule has 3 heterocycles. The summed E-state index contributed by atoms with van der Waals surface area (Å²) >= 11 is 7.60. The zero-order valence-electron chi connectivity index (χ0n) is 17.9. The number of thioether (sulfide) groups is 1. The van der Waals surface area contributed by atoms with Gasteiger partial charge >= 0.3 is 0 Å². The molecule has 0 aliphatic carbocycles. The molecule has 10 heteroatoms. The number of benzene rings is 2. The fourth-order valence-electron chi connectivity index (χ4n) is 3.88. The Morgan fingerprint density at radius 1 is 0.909 bits per heavy atom. The van der Waals surface area contributed by atoms with Crippen LogP contribution in [0, 0.1) is 0 Å². The van der Waals surface area contributed by atoms with Gasteiger partial charge in [0.1, 0.15) is 5.37 Å². The number of hydrogen-bond donors (Lipinski definition) is 2. The van der Waals surface area contributed by atoms with Crippen molar-refractivity contribution in [1.29, 1.82) is 0 Å². The normalized spacial score (nSPS) is 18.5. The van der Waals surface area contributed by atoms with Crippen molar-refractivity contribution in [3.63, 3.8) is 0 Å². The molecule has 0 radical (unpaired) electrons. The molecule has 8 nitrogen and oxygen atoms in total. The minimum atomic E-state index is -0.199. The van der Waals surface area contributed by atoms with Gasteiger partial charge in [0.25, 0.3) is 5.91 Å². The SMILES string of the molecule is O=C1CS[C@@H](c2ccc(Cl)cc2)N1Nc1nc(Nc2ccccc2)nc(N2CCCCC2)n1. The van der Waals surface area contributed by atoms with Crippen LogP contribution < -0.4 is 15.6 Å². The molecule has 0 saturated carbocycles. The number of carbonyl (C=O) groups is 1. The van der Waals surface area contributed by atoms with Gasteiger partial charge in [-0.15, -0.1) is 11.8 Å². The highest BCUT2D eigenvalue weighted by Gasteiger charge is 2.34. The number of nitrogens with zero attached hydrogens (tertiary/aromatic N) is 5. The van der Waals surface area contributed by atoms with Crippen molar-refractivity contribution in [1.82, 2.24) is 20.0 Å². The third kappa shape index (κ3) is 5.15. The van der Waals surface area contributed by atoms with Gasteiger partial charge in [-0.1, -0.05) is 41.9 Å². The fraction of sp³-hybridized carbons (Fsp3) is 0.304. The Bertz CT molecular complexity index is 1110. The molecule has 2 N–H and O–H groups in total. The first-order chi connectivity index (χ1) is 16.2. The van der Waals surface area contributed by atoms with Crippen molar-refractivity contribution in [2.75, 3.05) is 34.5 Å². The lowest BCUT2D eigenvalue weighted by molar-refractivity contribution is -0.126. The number of aromatic nitrogens is 3. The summed E-state index contributed by atoms with van der Waals surface area (Å²) in [5.74, 6) is 1.71. The second-order valence-corrected chi connectivity index (χ2v) is 9.42. The number of para-hydroxylation sites is 1. The number of piperidine rings is 1. The number of anilines is 4. The molecule has 2 aromatic carbocycles. The smallest absolute Gasteiger partial charge is 0.252 e. The van der Waals surface area contributed by atoms with Crippen molar-refractivity contribution in [3.8, 4) is 0 Å². The van der Waals surface area contributed by atoms with Crippen LogP contribution in [0.15, 0.2) is 54.6 Å². The quantitative estimate of drug-likeness (QED) is 0.516. The van der Waals surface area contributed by atoms with Crippen LogP contribution in [0.4, 0.5) is 23.5 Å². The summed E-state index contributed by atoms with van der Waals surface area (Å²) < 4.78 is 0. The van der Waals surface area contributed by atoms with E-state index >= 15 is 0 Å². The predicted molar refractivity (Wildman–Crippen MR) is 133 cm³/mol. The number of nitrogens with one attached hydrogen (secondary N) is 2. The Balaban J connectivity index is 1.44. The summed E-state index contributed by atoms with van der Waals surface area (Å²) in [7, 11) is 0. The Morgan fingerprint density at radius 3 is 2.39 bits per heavy atom. The van der Waals surface area contributed by atoms with Gasteiger partial charge < -0.3 is 10.2 Å². The first-order valence-electron chi connectivity index (χ1n) is 10.9. The van der Waals surface area contributed by atoms with Gasteiger partial charge in [-0.3, -0.25) is 10.2 Å². The van der Waals surface area contributed by atoms with Crippen LogP contribution in [0.25, 0.3) is 0 Å². The van der Waals surface area contributed by atoms with Gasteiger partial charge in [-0.2, -0.15) is 15.0 Å². The highest BCUT2D eigenvalue weighted by Crippen LogP contribution is 2.38. The van der Waals surface area contributed by atoms with E-state index in [0.717, 1.165) is 37.2 Å². The zero-order valence-corrected chi connectivity index (χ0v) is 19.5. The largest absolute Gasteiger partial charge is 0.341 e. The number of amides is 1. The predicted octanol–water partition coefficient (Wildman–Crippen LogP) is 4.86. The fourth-order valence-corrected chi connectivity index (χ4v) is 5.12. The Labute approximate surface area is 201 Å². The van der Waals surface area contributed by atoms with E-state index < -0.39 is 0 Å². The molecule has 1 aromatic heterocycles. The van der Waals surface area contributed by atoms with Crippen LogP contribution in [-0.4, -0.2) is 44.7 Å². The topological polar surface area (TPSA) is 86.3 Å². The Kier molecular flexibility index (Phi) is 6.50. The molecule has 2 saturated heterocycles. The lowest BCUT2D eigenvalue weighted by Gasteiger charge is -2.28. The maximum Gasteiger partial charge on any atom is 0.252 e. The third-order valence-electron chi connectivity index (χ3n) is 5.54. The van der Waals surface area contributed by atoms with E-state index in [0.29, 0.717) is 28.6 Å².